The molecule has 0 aliphatic carbocycles. The Balaban J connectivity index is 0.000000284. The Morgan fingerprint density at radius 2 is 1.83 bits per heavy atom. The third-order valence-corrected chi connectivity index (χ3v) is 3.79. The van der Waals surface area contributed by atoms with Gasteiger partial charge in [-0.25, -0.2) is 4.68 Å². The highest BCUT2D eigenvalue weighted by molar-refractivity contribution is 6.33. The highest BCUT2D eigenvalue weighted by Crippen LogP contribution is 2.26. The van der Waals surface area contributed by atoms with Crippen molar-refractivity contribution in [2.45, 2.75) is 64.4 Å². The smallest absolute Gasteiger partial charge is 0.498 e. The Morgan fingerprint density at radius 1 is 1.22 bits per heavy atom. The van der Waals surface area contributed by atoms with E-state index in [9.17, 15) is 0 Å². The Bertz CT molecular complexity index is 449. The number of hydrogen-bond donors (Lipinski definition) is 4. The van der Waals surface area contributed by atoms with Crippen LogP contribution >= 0.6 is 0 Å². The summed E-state index contributed by atoms with van der Waals surface area (Å²) in [6.07, 6.45) is 4.36. The second-order valence-corrected chi connectivity index (χ2v) is 6.50. The van der Waals surface area contributed by atoms with E-state index in [1.807, 2.05) is 0 Å². The summed E-state index contributed by atoms with van der Waals surface area (Å²) in [6.45, 7) is 7.01. The Morgan fingerprint density at radius 3 is 2.26 bits per heavy atom. The van der Waals surface area contributed by atoms with Crippen molar-refractivity contribution in [3.8, 4) is 5.88 Å². The molecule has 1 aromatic heterocycles. The fourth-order valence-electron chi connectivity index (χ4n) is 1.64. The third kappa shape index (κ3) is 6.48. The predicted molar refractivity (Wildman–Crippen MR) is 84.5 cm³/mol. The van der Waals surface area contributed by atoms with E-state index in [2.05, 4.69) is 5.10 Å². The number of ether oxygens (including phenoxy) is 1. The molecule has 23 heavy (non-hydrogen) atoms. The predicted octanol–water partition coefficient (Wildman–Crippen LogP) is 0.459. The fourth-order valence-corrected chi connectivity index (χ4v) is 1.64. The van der Waals surface area contributed by atoms with Gasteiger partial charge in [0.15, 0.2) is 12.1 Å². The molecule has 1 unspecified atom stereocenters. The van der Waals surface area contributed by atoms with Crippen LogP contribution in [-0.4, -0.2) is 55.2 Å². The third-order valence-electron chi connectivity index (χ3n) is 3.79. The van der Waals surface area contributed by atoms with Crippen molar-refractivity contribution in [1.29, 1.82) is 0 Å². The van der Waals surface area contributed by atoms with Gasteiger partial charge in [-0.3, -0.25) is 0 Å². The first kappa shape index (κ1) is 19.9. The standard InChI is InChI=1S/C8H13BN2O4.C6H14O2/c12-9(13)15-8-4-5-10-11(8)7-3-1-2-6-14-7;1-5(2,7)6(3,4)8/h4-5,7,12-13H,1-3,6H2;7-8H,1-4H3. The average molecular weight is 330 g/mol. The topological polar surface area (TPSA) is 117 Å². The van der Waals surface area contributed by atoms with Crippen LogP contribution < -0.4 is 4.65 Å². The van der Waals surface area contributed by atoms with Crippen LogP contribution in [0.2, 0.25) is 0 Å². The van der Waals surface area contributed by atoms with Crippen molar-refractivity contribution in [3.05, 3.63) is 12.3 Å². The molecular formula is C14H27BN2O6. The summed E-state index contributed by atoms with van der Waals surface area (Å²) in [5, 5.41) is 39.6. The molecule has 1 atom stereocenters. The minimum absolute atomic E-state index is 0.164. The molecule has 1 saturated heterocycles. The van der Waals surface area contributed by atoms with Crippen molar-refractivity contribution in [3.63, 3.8) is 0 Å². The minimum Gasteiger partial charge on any atom is -0.498 e. The molecule has 0 bridgehead atoms. The first-order chi connectivity index (χ1) is 10.5. The van der Waals surface area contributed by atoms with Crippen molar-refractivity contribution >= 4 is 7.32 Å². The van der Waals surface area contributed by atoms with E-state index in [1.54, 1.807) is 33.8 Å². The zero-order valence-corrected chi connectivity index (χ0v) is 14.1. The maximum Gasteiger partial charge on any atom is 0.708 e. The van der Waals surface area contributed by atoms with Crippen LogP contribution in [0.25, 0.3) is 0 Å². The van der Waals surface area contributed by atoms with E-state index < -0.39 is 18.5 Å². The molecule has 1 fully saturated rings. The lowest BCUT2D eigenvalue weighted by atomic mass is 9.90. The Hall–Kier alpha value is -1.13. The first-order valence-corrected chi connectivity index (χ1v) is 7.65. The number of nitrogens with zero attached hydrogens (tertiary/aromatic N) is 2. The fraction of sp³-hybridized carbons (Fsp3) is 0.786. The van der Waals surface area contributed by atoms with E-state index >= 15 is 0 Å². The summed E-state index contributed by atoms with van der Waals surface area (Å²) in [5.74, 6) is 0.303. The van der Waals surface area contributed by atoms with Crippen LogP contribution in [0.15, 0.2) is 12.3 Å². The number of aromatic nitrogens is 2. The summed E-state index contributed by atoms with van der Waals surface area (Å²) in [5.41, 5.74) is -2.01. The summed E-state index contributed by atoms with van der Waals surface area (Å²) in [6, 6.07) is 1.57. The van der Waals surface area contributed by atoms with Gasteiger partial charge in [0.2, 0.25) is 0 Å². The van der Waals surface area contributed by atoms with Gasteiger partial charge in [-0.05, 0) is 47.0 Å². The van der Waals surface area contributed by atoms with Gasteiger partial charge >= 0.3 is 7.32 Å². The first-order valence-electron chi connectivity index (χ1n) is 7.65. The molecule has 1 aliphatic rings. The molecule has 1 aliphatic heterocycles. The molecule has 9 heteroatoms. The van der Waals surface area contributed by atoms with Crippen molar-refractivity contribution < 1.29 is 29.7 Å². The van der Waals surface area contributed by atoms with Crippen LogP contribution in [0.1, 0.15) is 53.2 Å². The lowest BCUT2D eigenvalue weighted by Crippen LogP contribution is -2.44. The zero-order chi connectivity index (χ0) is 17.7. The Kier molecular flexibility index (Phi) is 7.03. The van der Waals surface area contributed by atoms with E-state index in [1.165, 1.54) is 10.9 Å². The minimum atomic E-state index is -1.83. The molecule has 0 amide bonds. The van der Waals surface area contributed by atoms with Crippen LogP contribution in [0, 0.1) is 0 Å². The van der Waals surface area contributed by atoms with Gasteiger partial charge in [0.25, 0.3) is 0 Å². The van der Waals surface area contributed by atoms with Gasteiger partial charge < -0.3 is 29.7 Å². The molecule has 4 N–H and O–H groups in total. The van der Waals surface area contributed by atoms with E-state index in [0.29, 0.717) is 12.5 Å². The maximum absolute atomic E-state index is 9.10. The van der Waals surface area contributed by atoms with E-state index in [4.69, 9.17) is 29.7 Å². The molecule has 0 radical (unpaired) electrons. The van der Waals surface area contributed by atoms with E-state index in [0.717, 1.165) is 19.3 Å². The van der Waals surface area contributed by atoms with Gasteiger partial charge in [-0.1, -0.05) is 0 Å². The molecule has 8 nitrogen and oxygen atoms in total. The summed E-state index contributed by atoms with van der Waals surface area (Å²) >= 11 is 0. The lowest BCUT2D eigenvalue weighted by molar-refractivity contribution is -0.107. The van der Waals surface area contributed by atoms with Crippen molar-refractivity contribution in [2.75, 3.05) is 6.61 Å². The number of rotatable bonds is 4. The zero-order valence-electron chi connectivity index (χ0n) is 14.1. The molecule has 0 spiro atoms. The van der Waals surface area contributed by atoms with Crippen LogP contribution in [0.3, 0.4) is 0 Å². The molecule has 0 saturated carbocycles. The maximum atomic E-state index is 9.10. The largest absolute Gasteiger partial charge is 0.708 e. The van der Waals surface area contributed by atoms with Gasteiger partial charge in [-0.2, -0.15) is 5.10 Å². The molecule has 2 heterocycles. The highest BCUT2D eigenvalue weighted by Gasteiger charge is 2.32. The second-order valence-electron chi connectivity index (χ2n) is 6.50. The Labute approximate surface area is 136 Å². The summed E-state index contributed by atoms with van der Waals surface area (Å²) < 4.78 is 11.8. The van der Waals surface area contributed by atoms with Gasteiger partial charge in [0.1, 0.15) is 0 Å². The SMILES string of the molecule is CC(C)(O)C(C)(C)O.OB(O)Oc1ccnn1C1CCCCO1. The number of aliphatic hydroxyl groups is 2. The summed E-state index contributed by atoms with van der Waals surface area (Å²) in [7, 11) is -1.83. The summed E-state index contributed by atoms with van der Waals surface area (Å²) in [4.78, 5) is 0. The lowest BCUT2D eigenvalue weighted by Gasteiger charge is -2.31. The average Bonchev–Trinajstić information content (AvgIpc) is 2.85. The van der Waals surface area contributed by atoms with E-state index in [-0.39, 0.29) is 6.23 Å². The second kappa shape index (κ2) is 8.12. The molecule has 0 aromatic carbocycles. The molecule has 1 aromatic rings. The van der Waals surface area contributed by atoms with Crippen molar-refractivity contribution in [1.82, 2.24) is 9.78 Å². The quantitative estimate of drug-likeness (QED) is 0.592. The van der Waals surface area contributed by atoms with Gasteiger partial charge in [-0.15, -0.1) is 0 Å². The molecule has 132 valence electrons. The monoisotopic (exact) mass is 330 g/mol. The highest BCUT2D eigenvalue weighted by atomic mass is 16.6. The molecular weight excluding hydrogens is 303 g/mol. The van der Waals surface area contributed by atoms with Crippen LogP contribution in [-0.2, 0) is 4.74 Å². The van der Waals surface area contributed by atoms with Gasteiger partial charge in [0.05, 0.1) is 17.4 Å². The normalized spacial score (nSPS) is 18.9. The van der Waals surface area contributed by atoms with Crippen molar-refractivity contribution in [2.24, 2.45) is 0 Å². The van der Waals surface area contributed by atoms with Crippen LogP contribution in [0.4, 0.5) is 0 Å². The van der Waals surface area contributed by atoms with Crippen LogP contribution in [0.5, 0.6) is 5.88 Å². The molecule has 2 rings (SSSR count). The number of hydrogen-bond acceptors (Lipinski definition) is 7. The van der Waals surface area contributed by atoms with Gasteiger partial charge in [0, 0.05) is 12.7 Å².